The fourth-order valence-electron chi connectivity index (χ4n) is 2.06. The van der Waals surface area contributed by atoms with E-state index in [1.165, 1.54) is 11.3 Å². The summed E-state index contributed by atoms with van der Waals surface area (Å²) in [5.74, 6) is -1.89. The second-order valence-electron chi connectivity index (χ2n) is 4.87. The molecule has 0 aliphatic rings. The van der Waals surface area contributed by atoms with Crippen LogP contribution in [0.3, 0.4) is 0 Å². The Morgan fingerprint density at radius 3 is 2.42 bits per heavy atom. The summed E-state index contributed by atoms with van der Waals surface area (Å²) in [5, 5.41) is 1.60. The summed E-state index contributed by atoms with van der Waals surface area (Å²) in [5.41, 5.74) is 1.23. The summed E-state index contributed by atoms with van der Waals surface area (Å²) >= 11 is 4.16. The summed E-state index contributed by atoms with van der Waals surface area (Å²) in [6.07, 6.45) is 0. The predicted molar refractivity (Wildman–Crippen MR) is 94.6 cm³/mol. The third-order valence-corrected chi connectivity index (χ3v) is 6.16. The molecule has 3 rings (SSSR count). The van der Waals surface area contributed by atoms with E-state index in [9.17, 15) is 17.2 Å². The zero-order valence-corrected chi connectivity index (χ0v) is 15.2. The van der Waals surface area contributed by atoms with Crippen LogP contribution in [0.4, 0.5) is 14.5 Å². The van der Waals surface area contributed by atoms with Crippen molar-refractivity contribution in [3.63, 3.8) is 0 Å². The fraction of sp³-hybridized carbons (Fsp3) is 0. The highest BCUT2D eigenvalue weighted by molar-refractivity contribution is 9.10. The van der Waals surface area contributed by atoms with Gasteiger partial charge >= 0.3 is 0 Å². The van der Waals surface area contributed by atoms with E-state index >= 15 is 0 Å². The highest BCUT2D eigenvalue weighted by atomic mass is 79.9. The van der Waals surface area contributed by atoms with Gasteiger partial charge < -0.3 is 0 Å². The van der Waals surface area contributed by atoms with Gasteiger partial charge in [0.1, 0.15) is 16.5 Å². The quantitative estimate of drug-likeness (QED) is 0.575. The smallest absolute Gasteiger partial charge is 0.264 e. The van der Waals surface area contributed by atoms with Gasteiger partial charge in [-0.05, 0) is 39.7 Å². The number of sulfonamides is 1. The van der Waals surface area contributed by atoms with Crippen LogP contribution in [-0.2, 0) is 10.0 Å². The molecule has 0 amide bonds. The molecule has 3 nitrogen and oxygen atoms in total. The summed E-state index contributed by atoms with van der Waals surface area (Å²) in [6.45, 7) is 0. The Bertz CT molecular complexity index is 989. The molecule has 0 atom stereocenters. The minimum absolute atomic E-state index is 0.138. The largest absolute Gasteiger partial charge is 0.279 e. The number of hydrogen-bond donors (Lipinski definition) is 1. The van der Waals surface area contributed by atoms with Crippen molar-refractivity contribution >= 4 is 43.0 Å². The van der Waals surface area contributed by atoms with E-state index in [4.69, 9.17) is 0 Å². The van der Waals surface area contributed by atoms with Gasteiger partial charge in [0.25, 0.3) is 10.0 Å². The number of halogens is 3. The highest BCUT2D eigenvalue weighted by Crippen LogP contribution is 2.31. The van der Waals surface area contributed by atoms with E-state index in [0.717, 1.165) is 16.5 Å². The van der Waals surface area contributed by atoms with Crippen LogP contribution >= 0.6 is 27.3 Å². The highest BCUT2D eigenvalue weighted by Gasteiger charge is 2.22. The molecule has 0 saturated heterocycles. The maximum atomic E-state index is 13.9. The van der Waals surface area contributed by atoms with Crippen molar-refractivity contribution in [2.75, 3.05) is 4.72 Å². The van der Waals surface area contributed by atoms with Crippen molar-refractivity contribution < 1.29 is 17.2 Å². The Balaban J connectivity index is 1.91. The fourth-order valence-corrected chi connectivity index (χ4v) is 4.41. The second kappa shape index (κ2) is 6.62. The van der Waals surface area contributed by atoms with Crippen LogP contribution < -0.4 is 4.72 Å². The zero-order valence-electron chi connectivity index (χ0n) is 12.0. The molecule has 0 fully saturated rings. The summed E-state index contributed by atoms with van der Waals surface area (Å²) in [4.78, 5) is 0.117. The number of rotatable bonds is 4. The van der Waals surface area contributed by atoms with E-state index in [2.05, 4.69) is 20.7 Å². The topological polar surface area (TPSA) is 46.2 Å². The predicted octanol–water partition coefficient (Wildman–Crippen LogP) is 5.26. The third-order valence-electron chi connectivity index (χ3n) is 3.17. The first kappa shape index (κ1) is 17.1. The number of anilines is 1. The van der Waals surface area contributed by atoms with Gasteiger partial charge in [-0.2, -0.15) is 0 Å². The molecule has 1 aromatic heterocycles. The molecule has 0 aliphatic heterocycles. The lowest BCUT2D eigenvalue weighted by Gasteiger charge is -2.08. The molecule has 0 saturated carbocycles. The molecule has 24 heavy (non-hydrogen) atoms. The molecule has 0 bridgehead atoms. The van der Waals surface area contributed by atoms with E-state index < -0.39 is 26.6 Å². The van der Waals surface area contributed by atoms with Crippen molar-refractivity contribution in [3.05, 3.63) is 70.0 Å². The van der Waals surface area contributed by atoms with Gasteiger partial charge in [0.2, 0.25) is 0 Å². The standard InChI is InChI=1S/C16H10BrF2NO2S2/c17-12-7-14(19)16(8-13(12)18)24(21,22)20-11-6-15(23-9-11)10-4-2-1-3-5-10/h1-9,20H. The van der Waals surface area contributed by atoms with Crippen molar-refractivity contribution in [3.8, 4) is 10.4 Å². The molecule has 0 aliphatic carbocycles. The molecule has 8 heteroatoms. The normalized spacial score (nSPS) is 11.5. The van der Waals surface area contributed by atoms with Crippen molar-refractivity contribution in [2.45, 2.75) is 4.90 Å². The molecular weight excluding hydrogens is 420 g/mol. The molecular formula is C16H10BrF2NO2S2. The van der Waals surface area contributed by atoms with Gasteiger partial charge in [-0.3, -0.25) is 4.72 Å². The van der Waals surface area contributed by atoms with Crippen LogP contribution in [0.5, 0.6) is 0 Å². The van der Waals surface area contributed by atoms with Crippen molar-refractivity contribution in [1.29, 1.82) is 0 Å². The van der Waals surface area contributed by atoms with Gasteiger partial charge in [0, 0.05) is 10.3 Å². The summed E-state index contributed by atoms with van der Waals surface area (Å²) < 4.78 is 54.2. The molecule has 1 heterocycles. The number of hydrogen-bond acceptors (Lipinski definition) is 3. The lowest BCUT2D eigenvalue weighted by Crippen LogP contribution is -2.14. The van der Waals surface area contributed by atoms with Crippen LogP contribution in [0, 0.1) is 11.6 Å². The second-order valence-corrected chi connectivity index (χ2v) is 8.28. The SMILES string of the molecule is O=S(=O)(Nc1csc(-c2ccccc2)c1)c1cc(F)c(Br)cc1F. The van der Waals surface area contributed by atoms with Crippen LogP contribution in [0.25, 0.3) is 10.4 Å². The lowest BCUT2D eigenvalue weighted by atomic mass is 10.2. The molecule has 2 aromatic carbocycles. The Labute approximate surface area is 150 Å². The van der Waals surface area contributed by atoms with E-state index in [0.29, 0.717) is 11.8 Å². The van der Waals surface area contributed by atoms with Crippen LogP contribution in [0.2, 0.25) is 0 Å². The minimum Gasteiger partial charge on any atom is -0.279 e. The maximum absolute atomic E-state index is 13.9. The van der Waals surface area contributed by atoms with E-state index in [1.54, 1.807) is 11.4 Å². The minimum atomic E-state index is -4.23. The third kappa shape index (κ3) is 3.50. The molecule has 0 unspecified atom stereocenters. The average Bonchev–Trinajstić information content (AvgIpc) is 2.99. The Morgan fingerprint density at radius 1 is 1.00 bits per heavy atom. The maximum Gasteiger partial charge on any atom is 0.264 e. The van der Waals surface area contributed by atoms with E-state index in [-0.39, 0.29) is 4.47 Å². The molecule has 0 spiro atoms. The van der Waals surface area contributed by atoms with Crippen molar-refractivity contribution in [2.24, 2.45) is 0 Å². The molecule has 124 valence electrons. The molecule has 1 N–H and O–H groups in total. The monoisotopic (exact) mass is 429 g/mol. The molecule has 3 aromatic rings. The summed E-state index contributed by atoms with van der Waals surface area (Å²) in [6, 6.07) is 12.5. The van der Waals surface area contributed by atoms with Crippen LogP contribution in [0.15, 0.2) is 63.3 Å². The first-order valence-corrected chi connectivity index (χ1v) is 9.84. The van der Waals surface area contributed by atoms with Gasteiger partial charge in [0.05, 0.1) is 10.2 Å². The van der Waals surface area contributed by atoms with Crippen LogP contribution in [-0.4, -0.2) is 8.42 Å². The molecule has 0 radical (unpaired) electrons. The zero-order chi connectivity index (χ0) is 17.3. The van der Waals surface area contributed by atoms with Crippen LogP contribution in [0.1, 0.15) is 0 Å². The summed E-state index contributed by atoms with van der Waals surface area (Å²) in [7, 11) is -4.23. The Morgan fingerprint density at radius 2 is 1.71 bits per heavy atom. The first-order valence-electron chi connectivity index (χ1n) is 6.68. The number of nitrogens with one attached hydrogen (secondary N) is 1. The Hall–Kier alpha value is -1.77. The lowest BCUT2D eigenvalue weighted by molar-refractivity contribution is 0.552. The average molecular weight is 430 g/mol. The van der Waals surface area contributed by atoms with Crippen molar-refractivity contribution in [1.82, 2.24) is 0 Å². The van der Waals surface area contributed by atoms with Gasteiger partial charge in [-0.25, -0.2) is 17.2 Å². The Kier molecular flexibility index (Phi) is 4.71. The van der Waals surface area contributed by atoms with E-state index in [1.807, 2.05) is 30.3 Å². The van der Waals surface area contributed by atoms with Gasteiger partial charge in [-0.1, -0.05) is 30.3 Å². The van der Waals surface area contributed by atoms with Gasteiger partial charge in [0.15, 0.2) is 0 Å². The number of benzene rings is 2. The van der Waals surface area contributed by atoms with Gasteiger partial charge in [-0.15, -0.1) is 11.3 Å². The first-order chi connectivity index (χ1) is 11.4. The number of thiophene rings is 1.